The van der Waals surface area contributed by atoms with Gasteiger partial charge in [0.1, 0.15) is 5.75 Å². The summed E-state index contributed by atoms with van der Waals surface area (Å²) in [7, 11) is 1.71. The fourth-order valence-corrected chi connectivity index (χ4v) is 3.96. The second kappa shape index (κ2) is 9.72. The zero-order chi connectivity index (χ0) is 19.1. The van der Waals surface area contributed by atoms with E-state index in [0.29, 0.717) is 12.1 Å². The first-order chi connectivity index (χ1) is 13.2. The molecule has 5 nitrogen and oxygen atoms in total. The third kappa shape index (κ3) is 5.21. The van der Waals surface area contributed by atoms with Crippen LogP contribution in [0.1, 0.15) is 31.7 Å². The van der Waals surface area contributed by atoms with Crippen molar-refractivity contribution in [2.24, 2.45) is 5.73 Å². The van der Waals surface area contributed by atoms with Crippen LogP contribution in [0.25, 0.3) is 0 Å². The molecule has 2 N–H and O–H groups in total. The number of nitrogens with two attached hydrogens (primary N) is 1. The Morgan fingerprint density at radius 1 is 1.22 bits per heavy atom. The fraction of sp³-hybridized carbons (Fsp3) is 0.500. The number of rotatable bonds is 8. The summed E-state index contributed by atoms with van der Waals surface area (Å²) in [5.41, 5.74) is 8.23. The molecule has 2 heterocycles. The van der Waals surface area contributed by atoms with Crippen LogP contribution in [0.4, 0.5) is 5.69 Å². The first-order valence-electron chi connectivity index (χ1n) is 9.95. The SMILES string of the molecule is COc1ccc(N(Cc2cccnc2)C2CCN([C@H](C)CCN)CC2)cc1. The minimum Gasteiger partial charge on any atom is -0.497 e. The number of piperidine rings is 1. The Labute approximate surface area is 163 Å². The Morgan fingerprint density at radius 3 is 2.56 bits per heavy atom. The van der Waals surface area contributed by atoms with Crippen LogP contribution in [0.5, 0.6) is 5.75 Å². The monoisotopic (exact) mass is 368 g/mol. The van der Waals surface area contributed by atoms with E-state index in [1.165, 1.54) is 24.1 Å². The molecule has 2 aromatic rings. The van der Waals surface area contributed by atoms with E-state index in [-0.39, 0.29) is 0 Å². The number of benzene rings is 1. The number of methoxy groups -OCH3 is 1. The van der Waals surface area contributed by atoms with E-state index in [9.17, 15) is 0 Å². The number of aromatic nitrogens is 1. The molecule has 0 radical (unpaired) electrons. The molecule has 1 aromatic heterocycles. The van der Waals surface area contributed by atoms with Crippen molar-refractivity contribution >= 4 is 5.69 Å². The van der Waals surface area contributed by atoms with E-state index in [4.69, 9.17) is 10.5 Å². The van der Waals surface area contributed by atoms with Crippen LogP contribution < -0.4 is 15.4 Å². The standard InChI is InChI=1S/C22H32N4O/c1-18(9-12-23)25-14-10-21(11-15-25)26(17-19-4-3-13-24-16-19)20-5-7-22(27-2)8-6-20/h3-8,13,16,18,21H,9-12,14-15,17,23H2,1-2H3/t18-/m1/s1. The lowest BCUT2D eigenvalue weighted by Gasteiger charge is -2.42. The quantitative estimate of drug-likeness (QED) is 0.775. The summed E-state index contributed by atoms with van der Waals surface area (Å²) in [4.78, 5) is 9.41. The van der Waals surface area contributed by atoms with E-state index in [0.717, 1.165) is 38.3 Å². The molecule has 0 aliphatic carbocycles. The van der Waals surface area contributed by atoms with Crippen LogP contribution in [0, 0.1) is 0 Å². The van der Waals surface area contributed by atoms with Gasteiger partial charge in [-0.1, -0.05) is 6.07 Å². The van der Waals surface area contributed by atoms with Crippen molar-refractivity contribution < 1.29 is 4.74 Å². The number of pyridine rings is 1. The molecule has 3 rings (SSSR count). The zero-order valence-electron chi connectivity index (χ0n) is 16.6. The van der Waals surface area contributed by atoms with Crippen LogP contribution in [-0.4, -0.2) is 48.7 Å². The van der Waals surface area contributed by atoms with E-state index in [1.54, 1.807) is 7.11 Å². The van der Waals surface area contributed by atoms with Crippen LogP contribution in [0.15, 0.2) is 48.8 Å². The largest absolute Gasteiger partial charge is 0.497 e. The van der Waals surface area contributed by atoms with Gasteiger partial charge in [0.2, 0.25) is 0 Å². The molecule has 1 aliphatic rings. The van der Waals surface area contributed by atoms with Crippen molar-refractivity contribution in [3.8, 4) is 5.75 Å². The van der Waals surface area contributed by atoms with E-state index in [2.05, 4.69) is 39.9 Å². The van der Waals surface area contributed by atoms with Gasteiger partial charge >= 0.3 is 0 Å². The highest BCUT2D eigenvalue weighted by Gasteiger charge is 2.27. The van der Waals surface area contributed by atoms with Crippen molar-refractivity contribution in [3.63, 3.8) is 0 Å². The van der Waals surface area contributed by atoms with Gasteiger partial charge in [-0.05, 0) is 68.6 Å². The first-order valence-corrected chi connectivity index (χ1v) is 9.95. The number of hydrogen-bond donors (Lipinski definition) is 1. The molecule has 1 aromatic carbocycles. The lowest BCUT2D eigenvalue weighted by atomic mass is 9.99. The molecular weight excluding hydrogens is 336 g/mol. The maximum absolute atomic E-state index is 5.75. The average Bonchev–Trinajstić information content (AvgIpc) is 2.73. The minimum atomic E-state index is 0.528. The molecule has 0 amide bonds. The minimum absolute atomic E-state index is 0.528. The zero-order valence-corrected chi connectivity index (χ0v) is 16.6. The second-order valence-electron chi connectivity index (χ2n) is 7.38. The summed E-state index contributed by atoms with van der Waals surface area (Å²) in [5, 5.41) is 0. The summed E-state index contributed by atoms with van der Waals surface area (Å²) < 4.78 is 5.33. The van der Waals surface area contributed by atoms with Gasteiger partial charge in [0.25, 0.3) is 0 Å². The lowest BCUT2D eigenvalue weighted by Crippen LogP contribution is -2.47. The third-order valence-electron chi connectivity index (χ3n) is 5.63. The highest BCUT2D eigenvalue weighted by atomic mass is 16.5. The van der Waals surface area contributed by atoms with Crippen LogP contribution in [0.3, 0.4) is 0 Å². The molecule has 0 bridgehead atoms. The predicted octanol–water partition coefficient (Wildman–Crippen LogP) is 3.30. The molecule has 1 saturated heterocycles. The summed E-state index contributed by atoms with van der Waals surface area (Å²) in [5.74, 6) is 0.894. The molecule has 0 unspecified atom stereocenters. The highest BCUT2D eigenvalue weighted by molar-refractivity contribution is 5.50. The molecule has 1 atom stereocenters. The number of likely N-dealkylation sites (tertiary alicyclic amines) is 1. The maximum atomic E-state index is 5.75. The maximum Gasteiger partial charge on any atom is 0.119 e. The van der Waals surface area contributed by atoms with Crippen LogP contribution in [-0.2, 0) is 6.54 Å². The van der Waals surface area contributed by atoms with E-state index < -0.39 is 0 Å². The van der Waals surface area contributed by atoms with Crippen molar-refractivity contribution in [2.75, 3.05) is 31.6 Å². The fourth-order valence-electron chi connectivity index (χ4n) is 3.96. The Bertz CT molecular complexity index is 668. The van der Waals surface area contributed by atoms with Gasteiger partial charge in [-0.2, -0.15) is 0 Å². The molecule has 0 spiro atoms. The summed E-state index contributed by atoms with van der Waals surface area (Å²) >= 11 is 0. The third-order valence-corrected chi connectivity index (χ3v) is 5.63. The average molecular weight is 369 g/mol. The Balaban J connectivity index is 1.73. The molecule has 27 heavy (non-hydrogen) atoms. The summed E-state index contributed by atoms with van der Waals surface area (Å²) in [6.07, 6.45) is 7.21. The number of hydrogen-bond acceptors (Lipinski definition) is 5. The highest BCUT2D eigenvalue weighted by Crippen LogP contribution is 2.28. The van der Waals surface area contributed by atoms with Gasteiger partial charge in [-0.15, -0.1) is 0 Å². The molecule has 1 aliphatic heterocycles. The number of nitrogens with zero attached hydrogens (tertiary/aromatic N) is 3. The Morgan fingerprint density at radius 2 is 1.96 bits per heavy atom. The van der Waals surface area contributed by atoms with Gasteiger partial charge in [-0.3, -0.25) is 4.98 Å². The predicted molar refractivity (Wildman–Crippen MR) is 111 cm³/mol. The van der Waals surface area contributed by atoms with Gasteiger partial charge < -0.3 is 20.3 Å². The molecule has 146 valence electrons. The Hall–Kier alpha value is -2.11. The van der Waals surface area contributed by atoms with E-state index in [1.807, 2.05) is 30.6 Å². The van der Waals surface area contributed by atoms with Crippen molar-refractivity contribution in [1.29, 1.82) is 0 Å². The number of anilines is 1. The summed E-state index contributed by atoms with van der Waals surface area (Å²) in [6, 6.07) is 13.7. The van der Waals surface area contributed by atoms with Crippen LogP contribution in [0.2, 0.25) is 0 Å². The first kappa shape index (κ1) is 19.6. The van der Waals surface area contributed by atoms with Crippen LogP contribution >= 0.6 is 0 Å². The second-order valence-corrected chi connectivity index (χ2v) is 7.38. The van der Waals surface area contributed by atoms with Gasteiger partial charge in [0.05, 0.1) is 7.11 Å². The van der Waals surface area contributed by atoms with Crippen molar-refractivity contribution in [3.05, 3.63) is 54.4 Å². The lowest BCUT2D eigenvalue weighted by molar-refractivity contribution is 0.154. The van der Waals surface area contributed by atoms with Gasteiger partial charge in [0.15, 0.2) is 0 Å². The molecule has 5 heteroatoms. The molecule has 0 saturated carbocycles. The van der Waals surface area contributed by atoms with E-state index >= 15 is 0 Å². The van der Waals surface area contributed by atoms with Gasteiger partial charge in [0, 0.05) is 49.8 Å². The Kier molecular flexibility index (Phi) is 7.07. The topological polar surface area (TPSA) is 54.6 Å². The normalized spacial score (nSPS) is 16.9. The smallest absolute Gasteiger partial charge is 0.119 e. The van der Waals surface area contributed by atoms with Gasteiger partial charge in [-0.25, -0.2) is 0 Å². The molecular formula is C22H32N4O. The summed E-state index contributed by atoms with van der Waals surface area (Å²) in [6.45, 7) is 6.20. The number of ether oxygens (including phenoxy) is 1. The van der Waals surface area contributed by atoms with Crippen molar-refractivity contribution in [1.82, 2.24) is 9.88 Å². The van der Waals surface area contributed by atoms with Crippen molar-refractivity contribution in [2.45, 2.75) is 44.8 Å². The molecule has 1 fully saturated rings.